The Morgan fingerprint density at radius 2 is 1.94 bits per heavy atom. The van der Waals surface area contributed by atoms with Crippen LogP contribution in [0.5, 0.6) is 0 Å². The molecule has 0 aliphatic rings. The van der Waals surface area contributed by atoms with Crippen LogP contribution >= 0.6 is 0 Å². The molecule has 0 atom stereocenters. The zero-order chi connectivity index (χ0) is 11.6. The molecule has 1 nitrogen and oxygen atoms in total. The van der Waals surface area contributed by atoms with Crippen LogP contribution < -0.4 is 0 Å². The van der Waals surface area contributed by atoms with Crippen LogP contribution in [0.25, 0.3) is 6.08 Å². The van der Waals surface area contributed by atoms with E-state index in [0.717, 1.165) is 12.1 Å². The number of pyridine rings is 1. The van der Waals surface area contributed by atoms with Gasteiger partial charge in [0.1, 0.15) is 0 Å². The summed E-state index contributed by atoms with van der Waals surface area (Å²) in [6.45, 7) is 6.05. The molecule has 0 aromatic carbocycles. The fourth-order valence-electron chi connectivity index (χ4n) is 1.94. The minimum Gasteiger partial charge on any atom is -0.257 e. The van der Waals surface area contributed by atoms with Crippen molar-refractivity contribution in [1.29, 1.82) is 0 Å². The summed E-state index contributed by atoms with van der Waals surface area (Å²) in [5.41, 5.74) is 2.39. The molecule has 0 saturated carbocycles. The van der Waals surface area contributed by atoms with E-state index in [2.05, 4.69) is 24.6 Å². The molecule has 0 amide bonds. The highest BCUT2D eigenvalue weighted by Crippen LogP contribution is 2.12. The molecule has 0 N–H and O–H groups in total. The van der Waals surface area contributed by atoms with Crippen molar-refractivity contribution in [1.82, 2.24) is 4.98 Å². The third-order valence-electron chi connectivity index (χ3n) is 2.92. The second-order valence-corrected chi connectivity index (χ2v) is 4.27. The molecule has 1 heteroatoms. The predicted molar refractivity (Wildman–Crippen MR) is 71.4 cm³/mol. The van der Waals surface area contributed by atoms with Gasteiger partial charge in [0, 0.05) is 6.20 Å². The van der Waals surface area contributed by atoms with Crippen LogP contribution in [0, 0.1) is 0 Å². The molecule has 0 spiro atoms. The Morgan fingerprint density at radius 1 is 1.19 bits per heavy atom. The lowest BCUT2D eigenvalue weighted by Crippen LogP contribution is -1.92. The fraction of sp³-hybridized carbons (Fsp3) is 0.533. The van der Waals surface area contributed by atoms with E-state index in [4.69, 9.17) is 0 Å². The highest BCUT2D eigenvalue weighted by molar-refractivity contribution is 5.46. The summed E-state index contributed by atoms with van der Waals surface area (Å²) in [6.07, 6.45) is 12.9. The number of hydrogen-bond acceptors (Lipinski definition) is 1. The van der Waals surface area contributed by atoms with Crippen molar-refractivity contribution >= 4 is 6.08 Å². The van der Waals surface area contributed by atoms with Gasteiger partial charge in [-0.25, -0.2) is 0 Å². The van der Waals surface area contributed by atoms with E-state index in [1.54, 1.807) is 0 Å². The van der Waals surface area contributed by atoms with Crippen LogP contribution in [0.4, 0.5) is 0 Å². The van der Waals surface area contributed by atoms with Crippen LogP contribution in [-0.2, 0) is 6.42 Å². The van der Waals surface area contributed by atoms with E-state index < -0.39 is 0 Å². The summed E-state index contributed by atoms with van der Waals surface area (Å²) in [4.78, 5) is 4.31. The summed E-state index contributed by atoms with van der Waals surface area (Å²) in [7, 11) is 0. The SMILES string of the molecule is C=Cc1ncccc1CCCCCCCC. The van der Waals surface area contributed by atoms with Crippen molar-refractivity contribution in [2.45, 2.75) is 51.9 Å². The van der Waals surface area contributed by atoms with E-state index >= 15 is 0 Å². The zero-order valence-electron chi connectivity index (χ0n) is 10.4. The highest BCUT2D eigenvalue weighted by atomic mass is 14.7. The Labute approximate surface area is 99.6 Å². The highest BCUT2D eigenvalue weighted by Gasteiger charge is 1.99. The maximum Gasteiger partial charge on any atom is 0.0655 e. The molecule has 0 bridgehead atoms. The van der Waals surface area contributed by atoms with Crippen molar-refractivity contribution in [3.05, 3.63) is 36.2 Å². The molecule has 0 aliphatic heterocycles. The maximum absolute atomic E-state index is 4.31. The number of aromatic nitrogens is 1. The smallest absolute Gasteiger partial charge is 0.0655 e. The van der Waals surface area contributed by atoms with Crippen LogP contribution in [-0.4, -0.2) is 4.98 Å². The second-order valence-electron chi connectivity index (χ2n) is 4.27. The van der Waals surface area contributed by atoms with Crippen molar-refractivity contribution in [2.75, 3.05) is 0 Å². The Bertz CT molecular complexity index is 304. The van der Waals surface area contributed by atoms with Gasteiger partial charge in [0.25, 0.3) is 0 Å². The Balaban J connectivity index is 2.23. The van der Waals surface area contributed by atoms with E-state index in [9.17, 15) is 0 Å². The van der Waals surface area contributed by atoms with E-state index in [1.807, 2.05) is 18.3 Å². The van der Waals surface area contributed by atoms with Gasteiger partial charge in [0.2, 0.25) is 0 Å². The first-order valence-corrected chi connectivity index (χ1v) is 6.44. The molecule has 16 heavy (non-hydrogen) atoms. The van der Waals surface area contributed by atoms with Crippen LogP contribution in [0.15, 0.2) is 24.9 Å². The normalized spacial score (nSPS) is 10.3. The Morgan fingerprint density at radius 3 is 2.69 bits per heavy atom. The minimum atomic E-state index is 1.05. The first kappa shape index (κ1) is 13.0. The van der Waals surface area contributed by atoms with Crippen LogP contribution in [0.1, 0.15) is 56.7 Å². The second kappa shape index (κ2) is 8.09. The standard InChI is InChI=1S/C15H23N/c1-3-5-6-7-8-9-11-14-12-10-13-16-15(14)4-2/h4,10,12-13H,2-3,5-9,11H2,1H3. The molecule has 88 valence electrons. The van der Waals surface area contributed by atoms with Crippen LogP contribution in [0.2, 0.25) is 0 Å². The summed E-state index contributed by atoms with van der Waals surface area (Å²) in [5, 5.41) is 0. The van der Waals surface area contributed by atoms with Gasteiger partial charge >= 0.3 is 0 Å². The quantitative estimate of drug-likeness (QED) is 0.579. The molecule has 1 aromatic rings. The molecule has 0 aliphatic carbocycles. The van der Waals surface area contributed by atoms with Gasteiger partial charge in [-0.05, 0) is 30.5 Å². The van der Waals surface area contributed by atoms with E-state index in [1.165, 1.54) is 44.1 Å². The molecular weight excluding hydrogens is 194 g/mol. The van der Waals surface area contributed by atoms with Gasteiger partial charge in [0.15, 0.2) is 0 Å². The maximum atomic E-state index is 4.31. The molecule has 0 unspecified atom stereocenters. The average Bonchev–Trinajstić information content (AvgIpc) is 2.34. The van der Waals surface area contributed by atoms with E-state index in [0.29, 0.717) is 0 Å². The lowest BCUT2D eigenvalue weighted by atomic mass is 10.0. The number of rotatable bonds is 8. The molecule has 0 radical (unpaired) electrons. The van der Waals surface area contributed by atoms with Gasteiger partial charge in [-0.15, -0.1) is 0 Å². The molecule has 0 fully saturated rings. The lowest BCUT2D eigenvalue weighted by molar-refractivity contribution is 0.607. The minimum absolute atomic E-state index is 1.05. The Hall–Kier alpha value is -1.11. The summed E-state index contributed by atoms with van der Waals surface area (Å²) in [6, 6.07) is 4.18. The van der Waals surface area contributed by atoms with Crippen LogP contribution in [0.3, 0.4) is 0 Å². The molecular formula is C15H23N. The third kappa shape index (κ3) is 4.61. The number of aryl methyl sites for hydroxylation is 1. The molecule has 0 saturated heterocycles. The molecule has 1 aromatic heterocycles. The fourth-order valence-corrected chi connectivity index (χ4v) is 1.94. The van der Waals surface area contributed by atoms with Crippen molar-refractivity contribution in [2.24, 2.45) is 0 Å². The zero-order valence-corrected chi connectivity index (χ0v) is 10.4. The van der Waals surface area contributed by atoms with Gasteiger partial charge in [-0.1, -0.05) is 51.7 Å². The first-order chi connectivity index (χ1) is 7.88. The predicted octanol–water partition coefficient (Wildman–Crippen LogP) is 4.63. The van der Waals surface area contributed by atoms with Gasteiger partial charge in [-0.2, -0.15) is 0 Å². The molecule has 1 heterocycles. The van der Waals surface area contributed by atoms with Crippen molar-refractivity contribution in [3.8, 4) is 0 Å². The number of unbranched alkanes of at least 4 members (excludes halogenated alkanes) is 5. The average molecular weight is 217 g/mol. The monoisotopic (exact) mass is 217 g/mol. The molecule has 1 rings (SSSR count). The topological polar surface area (TPSA) is 12.9 Å². The van der Waals surface area contributed by atoms with Gasteiger partial charge in [0.05, 0.1) is 5.69 Å². The lowest BCUT2D eigenvalue weighted by Gasteiger charge is -2.04. The number of hydrogen-bond donors (Lipinski definition) is 0. The first-order valence-electron chi connectivity index (χ1n) is 6.44. The summed E-state index contributed by atoms with van der Waals surface area (Å²) in [5.74, 6) is 0. The largest absolute Gasteiger partial charge is 0.257 e. The summed E-state index contributed by atoms with van der Waals surface area (Å²) < 4.78 is 0. The van der Waals surface area contributed by atoms with Gasteiger partial charge < -0.3 is 0 Å². The Kier molecular flexibility index (Phi) is 6.55. The van der Waals surface area contributed by atoms with Crippen molar-refractivity contribution < 1.29 is 0 Å². The third-order valence-corrected chi connectivity index (χ3v) is 2.92. The van der Waals surface area contributed by atoms with E-state index in [-0.39, 0.29) is 0 Å². The number of nitrogens with zero attached hydrogens (tertiary/aromatic N) is 1. The van der Waals surface area contributed by atoms with Crippen molar-refractivity contribution in [3.63, 3.8) is 0 Å². The van der Waals surface area contributed by atoms with Gasteiger partial charge in [-0.3, -0.25) is 4.98 Å². The summed E-state index contributed by atoms with van der Waals surface area (Å²) >= 11 is 0.